The number of amidine groups is 1. The predicted octanol–water partition coefficient (Wildman–Crippen LogP) is 4.14. The number of aliphatic hydroxyl groups is 2. The highest BCUT2D eigenvalue weighted by Crippen LogP contribution is 1.95. The van der Waals surface area contributed by atoms with E-state index in [0.717, 1.165) is 13.0 Å². The normalized spacial score (nSPS) is 9.71. The zero-order chi connectivity index (χ0) is 17.5. The molecule has 4 heteroatoms. The van der Waals surface area contributed by atoms with Crippen LogP contribution in [0.5, 0.6) is 0 Å². The molecule has 0 rings (SSSR count). The summed E-state index contributed by atoms with van der Waals surface area (Å²) >= 11 is 0. The average molecular weight is 307 g/mol. The third-order valence-electron chi connectivity index (χ3n) is 1.83. The van der Waals surface area contributed by atoms with E-state index in [1.165, 1.54) is 32.1 Å². The predicted molar refractivity (Wildman–Crippen MR) is 97.0 cm³/mol. The van der Waals surface area contributed by atoms with Crippen molar-refractivity contribution in [3.05, 3.63) is 0 Å². The van der Waals surface area contributed by atoms with Crippen molar-refractivity contribution >= 4 is 5.84 Å². The number of hydrogen-bond donors (Lipinski definition) is 3. The highest BCUT2D eigenvalue weighted by atomic mass is 16.3. The maximum absolute atomic E-state index is 8.06. The van der Waals surface area contributed by atoms with Crippen LogP contribution in [0.1, 0.15) is 87.0 Å². The van der Waals surface area contributed by atoms with E-state index in [-0.39, 0.29) is 12.7 Å². The largest absolute Gasteiger partial charge is 0.397 e. The van der Waals surface area contributed by atoms with Gasteiger partial charge in [0.25, 0.3) is 0 Å². The summed E-state index contributed by atoms with van der Waals surface area (Å²) in [6.45, 7) is 14.7. The summed E-state index contributed by atoms with van der Waals surface area (Å²) in [6.07, 6.45) is 7.71. The number of aliphatic hydroxyl groups excluding tert-OH is 2. The van der Waals surface area contributed by atoms with E-state index in [4.69, 9.17) is 15.9 Å². The Hall–Kier alpha value is -0.610. The maximum atomic E-state index is 8.06. The monoisotopic (exact) mass is 306 g/mol. The van der Waals surface area contributed by atoms with Gasteiger partial charge < -0.3 is 15.9 Å². The molecule has 4 nitrogen and oxygen atoms in total. The second-order valence-corrected chi connectivity index (χ2v) is 4.99. The fourth-order valence-electron chi connectivity index (χ4n) is 0.914. The summed E-state index contributed by atoms with van der Waals surface area (Å²) in [5.74, 6) is 0.693. The van der Waals surface area contributed by atoms with Crippen molar-refractivity contribution in [2.45, 2.75) is 93.1 Å². The molecular formula is C17H42N2O2. The third-order valence-corrected chi connectivity index (χ3v) is 1.83. The number of aliphatic imine (C=N–C) groups is 1. The van der Waals surface area contributed by atoms with Crippen molar-refractivity contribution in [3.63, 3.8) is 0 Å². The maximum Gasteiger partial charge on any atom is 0.0905 e. The molecular weight excluding hydrogens is 264 g/mol. The lowest BCUT2D eigenvalue weighted by atomic mass is 10.2. The molecule has 0 atom stereocenters. The van der Waals surface area contributed by atoms with E-state index >= 15 is 0 Å². The highest BCUT2D eigenvalue weighted by molar-refractivity contribution is 5.77. The number of nitrogens with two attached hydrogens (primary N) is 1. The van der Waals surface area contributed by atoms with Crippen LogP contribution >= 0.6 is 0 Å². The molecule has 0 aromatic carbocycles. The Morgan fingerprint density at radius 2 is 1.24 bits per heavy atom. The minimum Gasteiger partial charge on any atom is -0.397 e. The average Bonchev–Trinajstić information content (AvgIpc) is 2.37. The van der Waals surface area contributed by atoms with E-state index in [1.807, 2.05) is 6.92 Å². The van der Waals surface area contributed by atoms with Gasteiger partial charge in [0.2, 0.25) is 0 Å². The van der Waals surface area contributed by atoms with Gasteiger partial charge in [0.15, 0.2) is 0 Å². The first-order valence-electron chi connectivity index (χ1n) is 8.39. The summed E-state index contributed by atoms with van der Waals surface area (Å²) in [5.41, 5.74) is 5.28. The van der Waals surface area contributed by atoms with Crippen molar-refractivity contribution in [1.82, 2.24) is 0 Å². The van der Waals surface area contributed by atoms with E-state index < -0.39 is 0 Å². The number of rotatable bonds is 6. The molecule has 0 heterocycles. The molecule has 0 unspecified atom stereocenters. The van der Waals surface area contributed by atoms with Crippen LogP contribution < -0.4 is 5.73 Å². The smallest absolute Gasteiger partial charge is 0.0905 e. The lowest BCUT2D eigenvalue weighted by Crippen LogP contribution is -2.05. The molecule has 0 saturated carbocycles. The Bertz CT molecular complexity index is 161. The van der Waals surface area contributed by atoms with Gasteiger partial charge in [-0.2, -0.15) is 0 Å². The minimum atomic E-state index is -0.167. The Labute approximate surface area is 133 Å². The zero-order valence-electron chi connectivity index (χ0n) is 15.7. The van der Waals surface area contributed by atoms with Crippen LogP contribution in [-0.2, 0) is 0 Å². The minimum absolute atomic E-state index is 0.167. The van der Waals surface area contributed by atoms with Crippen LogP contribution in [0, 0.1) is 0 Å². The second-order valence-electron chi connectivity index (χ2n) is 4.99. The lowest BCUT2D eigenvalue weighted by molar-refractivity contribution is 0.216. The SMILES string of the molecule is CC(C)O.CCCCCC.CCCCN=C(C)N.CCO. The molecule has 0 radical (unpaired) electrons. The van der Waals surface area contributed by atoms with Crippen LogP contribution in [0.15, 0.2) is 4.99 Å². The third kappa shape index (κ3) is 107. The van der Waals surface area contributed by atoms with Crippen molar-refractivity contribution in [1.29, 1.82) is 0 Å². The Balaban J connectivity index is -0.0000000985. The van der Waals surface area contributed by atoms with E-state index in [2.05, 4.69) is 25.8 Å². The Kier molecular flexibility index (Phi) is 43.0. The van der Waals surface area contributed by atoms with Gasteiger partial charge in [-0.3, -0.25) is 4.99 Å². The summed E-state index contributed by atoms with van der Waals surface area (Å²) in [5, 5.41) is 15.6. The van der Waals surface area contributed by atoms with E-state index in [0.29, 0.717) is 5.84 Å². The highest BCUT2D eigenvalue weighted by Gasteiger charge is 1.78. The van der Waals surface area contributed by atoms with Gasteiger partial charge in [-0.15, -0.1) is 0 Å². The van der Waals surface area contributed by atoms with Gasteiger partial charge in [-0.05, 0) is 34.1 Å². The molecule has 0 bridgehead atoms. The Morgan fingerprint density at radius 3 is 1.43 bits per heavy atom. The Morgan fingerprint density at radius 1 is 0.952 bits per heavy atom. The van der Waals surface area contributed by atoms with Gasteiger partial charge in [0, 0.05) is 19.3 Å². The molecule has 0 aliphatic carbocycles. The molecule has 0 aliphatic heterocycles. The van der Waals surface area contributed by atoms with Crippen LogP contribution in [0.3, 0.4) is 0 Å². The fourth-order valence-corrected chi connectivity index (χ4v) is 0.914. The second kappa shape index (κ2) is 31.7. The van der Waals surface area contributed by atoms with Gasteiger partial charge in [-0.1, -0.05) is 52.9 Å². The summed E-state index contributed by atoms with van der Waals surface area (Å²) < 4.78 is 0. The first-order valence-corrected chi connectivity index (χ1v) is 8.39. The van der Waals surface area contributed by atoms with Gasteiger partial charge in [-0.25, -0.2) is 0 Å². The van der Waals surface area contributed by atoms with Gasteiger partial charge in [0.05, 0.1) is 5.84 Å². The van der Waals surface area contributed by atoms with Crippen molar-refractivity contribution in [2.75, 3.05) is 13.2 Å². The first kappa shape index (κ1) is 28.5. The van der Waals surface area contributed by atoms with E-state index in [1.54, 1.807) is 20.8 Å². The van der Waals surface area contributed by atoms with Crippen molar-refractivity contribution < 1.29 is 10.2 Å². The molecule has 0 aliphatic rings. The van der Waals surface area contributed by atoms with Gasteiger partial charge >= 0.3 is 0 Å². The molecule has 0 spiro atoms. The molecule has 0 saturated heterocycles. The fraction of sp³-hybridized carbons (Fsp3) is 0.941. The topological polar surface area (TPSA) is 78.8 Å². The zero-order valence-corrected chi connectivity index (χ0v) is 15.7. The molecule has 0 fully saturated rings. The molecule has 0 aromatic heterocycles. The van der Waals surface area contributed by atoms with Crippen LogP contribution in [0.25, 0.3) is 0 Å². The van der Waals surface area contributed by atoms with Crippen LogP contribution in [0.2, 0.25) is 0 Å². The summed E-state index contributed by atoms with van der Waals surface area (Å²) in [4.78, 5) is 4.01. The molecule has 0 aromatic rings. The summed E-state index contributed by atoms with van der Waals surface area (Å²) in [7, 11) is 0. The van der Waals surface area contributed by atoms with Crippen LogP contribution in [0.4, 0.5) is 0 Å². The number of unbranched alkanes of at least 4 members (excludes halogenated alkanes) is 4. The summed E-state index contributed by atoms with van der Waals surface area (Å²) in [6, 6.07) is 0. The van der Waals surface area contributed by atoms with E-state index in [9.17, 15) is 0 Å². The lowest BCUT2D eigenvalue weighted by Gasteiger charge is -1.89. The standard InChI is InChI=1S/C6H14N2.C6H14.C3H8O.C2H6O/c1-3-4-5-8-6(2)7;1-3-5-6-4-2;1-3(2)4;1-2-3/h3-5H2,1-2H3,(H2,7,8);3-6H2,1-2H3;3-4H,1-2H3;3H,2H2,1H3. The van der Waals surface area contributed by atoms with Gasteiger partial charge in [0.1, 0.15) is 0 Å². The quantitative estimate of drug-likeness (QED) is 0.392. The number of hydrogen-bond acceptors (Lipinski definition) is 3. The number of nitrogens with zero attached hydrogens (tertiary/aromatic N) is 1. The molecule has 21 heavy (non-hydrogen) atoms. The molecule has 0 amide bonds. The molecule has 4 N–H and O–H groups in total. The van der Waals surface area contributed by atoms with Crippen molar-refractivity contribution in [2.24, 2.45) is 10.7 Å². The molecule has 132 valence electrons. The van der Waals surface area contributed by atoms with Crippen molar-refractivity contribution in [3.8, 4) is 0 Å². The van der Waals surface area contributed by atoms with Crippen LogP contribution in [-0.4, -0.2) is 35.3 Å². The first-order chi connectivity index (χ1) is 9.83.